The van der Waals surface area contributed by atoms with E-state index < -0.39 is 6.04 Å². The molecule has 1 aliphatic rings. The molecule has 1 saturated heterocycles. The number of amides is 2. The number of anilines is 1. The fourth-order valence-corrected chi connectivity index (χ4v) is 3.13. The second-order valence-electron chi connectivity index (χ2n) is 5.03. The molecule has 4 nitrogen and oxygen atoms in total. The highest BCUT2D eigenvalue weighted by atomic mass is 32.2. The number of carbonyl (C=O) groups is 2. The van der Waals surface area contributed by atoms with Gasteiger partial charge in [0.2, 0.25) is 5.91 Å². The standard InChI is InChI=1S/C15H20N2O2S/c1-4-20-13-8-6-5-7-11(13)16-12-9-14(18)17(10(2)3)15(12)19/h5-8,10,12,16H,4,9H2,1-3H3. The smallest absolute Gasteiger partial charge is 0.252 e. The molecule has 5 heteroatoms. The number of nitrogens with zero attached hydrogens (tertiary/aromatic N) is 1. The number of hydrogen-bond donors (Lipinski definition) is 1. The molecular weight excluding hydrogens is 272 g/mol. The van der Waals surface area contributed by atoms with Gasteiger partial charge >= 0.3 is 0 Å². The molecule has 2 rings (SSSR count). The highest BCUT2D eigenvalue weighted by Crippen LogP contribution is 2.29. The van der Waals surface area contributed by atoms with Gasteiger partial charge in [-0.2, -0.15) is 0 Å². The van der Waals surface area contributed by atoms with Crippen LogP contribution in [0.1, 0.15) is 27.2 Å². The van der Waals surface area contributed by atoms with Gasteiger partial charge in [-0.25, -0.2) is 0 Å². The maximum atomic E-state index is 12.3. The molecule has 1 heterocycles. The van der Waals surface area contributed by atoms with Crippen molar-refractivity contribution in [2.45, 2.75) is 44.2 Å². The van der Waals surface area contributed by atoms with Crippen molar-refractivity contribution in [3.8, 4) is 0 Å². The monoisotopic (exact) mass is 292 g/mol. The van der Waals surface area contributed by atoms with Gasteiger partial charge in [-0.1, -0.05) is 19.1 Å². The fraction of sp³-hybridized carbons (Fsp3) is 0.467. The zero-order valence-electron chi connectivity index (χ0n) is 12.1. The van der Waals surface area contributed by atoms with Crippen molar-refractivity contribution >= 4 is 29.3 Å². The Morgan fingerprint density at radius 3 is 2.65 bits per heavy atom. The van der Waals surface area contributed by atoms with Crippen molar-refractivity contribution < 1.29 is 9.59 Å². The SMILES string of the molecule is CCSc1ccccc1NC1CC(=O)N(C(C)C)C1=O. The first kappa shape index (κ1) is 14.9. The summed E-state index contributed by atoms with van der Waals surface area (Å²) >= 11 is 1.72. The van der Waals surface area contributed by atoms with E-state index in [2.05, 4.69) is 12.2 Å². The number of thioether (sulfide) groups is 1. The fourth-order valence-electron chi connectivity index (χ4n) is 2.36. The Morgan fingerprint density at radius 1 is 1.35 bits per heavy atom. The molecule has 20 heavy (non-hydrogen) atoms. The third kappa shape index (κ3) is 2.98. The van der Waals surface area contributed by atoms with E-state index >= 15 is 0 Å². The first-order valence-corrected chi connectivity index (χ1v) is 7.87. The minimum atomic E-state index is -0.441. The van der Waals surface area contributed by atoms with Crippen LogP contribution in [-0.4, -0.2) is 34.6 Å². The van der Waals surface area contributed by atoms with Crippen LogP contribution in [0.15, 0.2) is 29.2 Å². The first-order chi connectivity index (χ1) is 9.54. The van der Waals surface area contributed by atoms with Crippen molar-refractivity contribution in [2.75, 3.05) is 11.1 Å². The van der Waals surface area contributed by atoms with Crippen LogP contribution in [-0.2, 0) is 9.59 Å². The normalized spacial score (nSPS) is 19.0. The quantitative estimate of drug-likeness (QED) is 0.669. The van der Waals surface area contributed by atoms with Gasteiger partial charge in [0.25, 0.3) is 5.91 Å². The van der Waals surface area contributed by atoms with Crippen LogP contribution in [0.4, 0.5) is 5.69 Å². The molecule has 0 aliphatic carbocycles. The second-order valence-corrected chi connectivity index (χ2v) is 6.33. The summed E-state index contributed by atoms with van der Waals surface area (Å²) < 4.78 is 0. The summed E-state index contributed by atoms with van der Waals surface area (Å²) in [6.45, 7) is 5.81. The maximum Gasteiger partial charge on any atom is 0.252 e. The average molecular weight is 292 g/mol. The Balaban J connectivity index is 2.15. The van der Waals surface area contributed by atoms with Gasteiger partial charge in [-0.3, -0.25) is 14.5 Å². The molecule has 0 spiro atoms. The number of benzene rings is 1. The Morgan fingerprint density at radius 2 is 2.05 bits per heavy atom. The molecule has 1 atom stereocenters. The third-order valence-corrected chi connectivity index (χ3v) is 4.17. The van der Waals surface area contributed by atoms with E-state index in [1.54, 1.807) is 11.8 Å². The summed E-state index contributed by atoms with van der Waals surface area (Å²) in [6.07, 6.45) is 0.238. The minimum absolute atomic E-state index is 0.0814. The zero-order valence-corrected chi connectivity index (χ0v) is 12.9. The summed E-state index contributed by atoms with van der Waals surface area (Å²) in [5.41, 5.74) is 0.927. The lowest BCUT2D eigenvalue weighted by Crippen LogP contribution is -2.39. The number of hydrogen-bond acceptors (Lipinski definition) is 4. The predicted molar refractivity (Wildman–Crippen MR) is 81.9 cm³/mol. The van der Waals surface area contributed by atoms with Gasteiger partial charge in [-0.05, 0) is 31.7 Å². The highest BCUT2D eigenvalue weighted by molar-refractivity contribution is 7.99. The Labute approximate surface area is 123 Å². The first-order valence-electron chi connectivity index (χ1n) is 6.88. The summed E-state index contributed by atoms with van der Waals surface area (Å²) in [6, 6.07) is 7.37. The van der Waals surface area contributed by atoms with Crippen molar-refractivity contribution in [1.29, 1.82) is 0 Å². The molecule has 1 unspecified atom stereocenters. The Bertz CT molecular complexity index is 516. The number of carbonyl (C=O) groups excluding carboxylic acids is 2. The highest BCUT2D eigenvalue weighted by Gasteiger charge is 2.39. The maximum absolute atomic E-state index is 12.3. The molecule has 1 aromatic rings. The molecule has 108 valence electrons. The molecule has 2 amide bonds. The van der Waals surface area contributed by atoms with Crippen LogP contribution in [0.2, 0.25) is 0 Å². The van der Waals surface area contributed by atoms with Crippen LogP contribution >= 0.6 is 11.8 Å². The summed E-state index contributed by atoms with van der Waals surface area (Å²) in [5, 5.41) is 3.23. The number of rotatable bonds is 5. The van der Waals surface area contributed by atoms with Crippen molar-refractivity contribution in [1.82, 2.24) is 4.90 Å². The molecule has 1 aliphatic heterocycles. The van der Waals surface area contributed by atoms with E-state index in [0.29, 0.717) is 0 Å². The minimum Gasteiger partial charge on any atom is -0.372 e. The lowest BCUT2D eigenvalue weighted by molar-refractivity contribution is -0.140. The molecule has 1 N–H and O–H groups in total. The molecule has 1 aromatic carbocycles. The largest absolute Gasteiger partial charge is 0.372 e. The molecule has 1 fully saturated rings. The molecule has 0 aromatic heterocycles. The third-order valence-electron chi connectivity index (χ3n) is 3.22. The second kappa shape index (κ2) is 6.31. The van der Waals surface area contributed by atoms with Crippen molar-refractivity contribution in [3.05, 3.63) is 24.3 Å². The van der Waals surface area contributed by atoms with Gasteiger partial charge in [0.05, 0.1) is 6.42 Å². The van der Waals surface area contributed by atoms with Crippen molar-refractivity contribution in [3.63, 3.8) is 0 Å². The van der Waals surface area contributed by atoms with Crippen LogP contribution < -0.4 is 5.32 Å². The number of likely N-dealkylation sites (tertiary alicyclic amines) is 1. The van der Waals surface area contributed by atoms with Crippen LogP contribution in [0.25, 0.3) is 0 Å². The van der Waals surface area contributed by atoms with Gasteiger partial charge in [0.15, 0.2) is 0 Å². The Hall–Kier alpha value is -1.49. The topological polar surface area (TPSA) is 49.4 Å². The van der Waals surface area contributed by atoms with Gasteiger partial charge < -0.3 is 5.32 Å². The summed E-state index contributed by atoms with van der Waals surface area (Å²) in [4.78, 5) is 26.6. The van der Waals surface area contributed by atoms with E-state index in [9.17, 15) is 9.59 Å². The van der Waals surface area contributed by atoms with E-state index in [1.165, 1.54) is 4.90 Å². The van der Waals surface area contributed by atoms with E-state index in [-0.39, 0.29) is 24.3 Å². The number of imide groups is 1. The van der Waals surface area contributed by atoms with Crippen molar-refractivity contribution in [2.24, 2.45) is 0 Å². The lowest BCUT2D eigenvalue weighted by atomic mass is 10.2. The molecule has 0 saturated carbocycles. The van der Waals surface area contributed by atoms with Gasteiger partial charge in [0.1, 0.15) is 6.04 Å². The number of para-hydroxylation sites is 1. The summed E-state index contributed by atoms with van der Waals surface area (Å²) in [5.74, 6) is 0.749. The average Bonchev–Trinajstić information content (AvgIpc) is 2.67. The van der Waals surface area contributed by atoms with Gasteiger partial charge in [0, 0.05) is 16.6 Å². The van der Waals surface area contributed by atoms with Crippen LogP contribution in [0.5, 0.6) is 0 Å². The van der Waals surface area contributed by atoms with E-state index in [1.807, 2.05) is 38.1 Å². The molecule has 0 bridgehead atoms. The summed E-state index contributed by atoms with van der Waals surface area (Å²) in [7, 11) is 0. The number of nitrogens with one attached hydrogen (secondary N) is 1. The van der Waals surface area contributed by atoms with E-state index in [4.69, 9.17) is 0 Å². The van der Waals surface area contributed by atoms with Crippen LogP contribution in [0, 0.1) is 0 Å². The zero-order chi connectivity index (χ0) is 14.7. The lowest BCUT2D eigenvalue weighted by Gasteiger charge is -2.20. The predicted octanol–water partition coefficient (Wildman–Crippen LogP) is 2.75. The van der Waals surface area contributed by atoms with E-state index in [0.717, 1.165) is 16.3 Å². The molecule has 0 radical (unpaired) electrons. The Kier molecular flexibility index (Phi) is 4.70. The van der Waals surface area contributed by atoms with Crippen LogP contribution in [0.3, 0.4) is 0 Å². The van der Waals surface area contributed by atoms with Gasteiger partial charge in [-0.15, -0.1) is 11.8 Å². The molecular formula is C15H20N2O2S.